The summed E-state index contributed by atoms with van der Waals surface area (Å²) in [6, 6.07) is 10.1. The summed E-state index contributed by atoms with van der Waals surface area (Å²) in [4.78, 5) is 34.1. The van der Waals surface area contributed by atoms with Gasteiger partial charge in [0.2, 0.25) is 5.95 Å². The number of rotatable bonds is 6. The van der Waals surface area contributed by atoms with Gasteiger partial charge in [0, 0.05) is 47.9 Å². The molecule has 0 saturated carbocycles. The number of carbonyl (C=O) groups excluding carboxylic acids is 1. The molecule has 3 heterocycles. The van der Waals surface area contributed by atoms with Crippen molar-refractivity contribution in [1.82, 2.24) is 29.5 Å². The van der Waals surface area contributed by atoms with Gasteiger partial charge in [-0.25, -0.2) is 15.0 Å². The topological polar surface area (TPSA) is 111 Å². The minimum absolute atomic E-state index is 0.137. The molecule has 0 radical (unpaired) electrons. The van der Waals surface area contributed by atoms with Gasteiger partial charge in [-0.2, -0.15) is 13.2 Å². The zero-order chi connectivity index (χ0) is 27.6. The largest absolute Gasteiger partial charge is 0.418 e. The highest BCUT2D eigenvalue weighted by molar-refractivity contribution is 6.05. The number of amides is 1. The van der Waals surface area contributed by atoms with Crippen molar-refractivity contribution >= 4 is 23.2 Å². The van der Waals surface area contributed by atoms with E-state index in [9.17, 15) is 18.0 Å². The Bertz CT molecular complexity index is 1650. The quantitative estimate of drug-likeness (QED) is 0.288. The Hall–Kier alpha value is -5.13. The third-order valence-electron chi connectivity index (χ3n) is 5.87. The van der Waals surface area contributed by atoms with E-state index in [1.54, 1.807) is 56.0 Å². The standard InChI is InChI=1S/C27H21F3N8O/c1-16-3-4-18(13-22(16)37-26-34-8-7-21(36-26)23-15-31-9-10-33-23)25(39)35-19-5-6-20(27(28,29)30)24(14-19)38-12-11-32-17(38)2/h3-15H,1-2H3,(H,35,39)(H,34,36,37). The minimum Gasteiger partial charge on any atom is -0.324 e. The highest BCUT2D eigenvalue weighted by Crippen LogP contribution is 2.36. The molecule has 5 aromatic rings. The van der Waals surface area contributed by atoms with Gasteiger partial charge in [0.15, 0.2) is 0 Å². The number of nitrogens with zero attached hydrogens (tertiary/aromatic N) is 6. The fraction of sp³-hybridized carbons (Fsp3) is 0.111. The molecule has 0 fully saturated rings. The molecule has 0 spiro atoms. The van der Waals surface area contributed by atoms with Crippen LogP contribution in [0.2, 0.25) is 0 Å². The molecule has 39 heavy (non-hydrogen) atoms. The van der Waals surface area contributed by atoms with Crippen LogP contribution in [0.25, 0.3) is 17.1 Å². The molecule has 0 atom stereocenters. The number of hydrogen-bond donors (Lipinski definition) is 2. The number of benzene rings is 2. The number of aryl methyl sites for hydroxylation is 2. The fourth-order valence-electron chi connectivity index (χ4n) is 3.90. The Morgan fingerprint density at radius 3 is 2.46 bits per heavy atom. The van der Waals surface area contributed by atoms with Gasteiger partial charge in [0.1, 0.15) is 11.5 Å². The van der Waals surface area contributed by atoms with Crippen LogP contribution in [0.1, 0.15) is 27.3 Å². The van der Waals surface area contributed by atoms with Crippen LogP contribution in [0.15, 0.2) is 79.6 Å². The average molecular weight is 531 g/mol. The SMILES string of the molecule is Cc1ccc(C(=O)Nc2ccc(C(F)(F)F)c(-n3ccnc3C)c2)cc1Nc1nccc(-c2cnccn2)n1. The second-order valence-electron chi connectivity index (χ2n) is 8.54. The molecular weight excluding hydrogens is 509 g/mol. The smallest absolute Gasteiger partial charge is 0.324 e. The summed E-state index contributed by atoms with van der Waals surface area (Å²) in [5, 5.41) is 5.80. The molecule has 0 bridgehead atoms. The molecule has 0 aliphatic heterocycles. The van der Waals surface area contributed by atoms with Crippen molar-refractivity contribution < 1.29 is 18.0 Å². The molecule has 9 nitrogen and oxygen atoms in total. The van der Waals surface area contributed by atoms with Crippen molar-refractivity contribution in [2.45, 2.75) is 20.0 Å². The van der Waals surface area contributed by atoms with Crippen molar-refractivity contribution in [3.8, 4) is 17.1 Å². The van der Waals surface area contributed by atoms with Crippen LogP contribution in [0.3, 0.4) is 0 Å². The van der Waals surface area contributed by atoms with E-state index in [1.807, 2.05) is 6.92 Å². The van der Waals surface area contributed by atoms with E-state index < -0.39 is 17.6 Å². The van der Waals surface area contributed by atoms with Crippen LogP contribution >= 0.6 is 0 Å². The Morgan fingerprint density at radius 1 is 0.897 bits per heavy atom. The Balaban J connectivity index is 1.40. The van der Waals surface area contributed by atoms with E-state index in [1.165, 1.54) is 29.1 Å². The van der Waals surface area contributed by atoms with Crippen LogP contribution in [-0.2, 0) is 6.18 Å². The van der Waals surface area contributed by atoms with Crippen molar-refractivity contribution in [3.05, 3.63) is 102 Å². The van der Waals surface area contributed by atoms with Gasteiger partial charge >= 0.3 is 6.18 Å². The van der Waals surface area contributed by atoms with Gasteiger partial charge < -0.3 is 15.2 Å². The summed E-state index contributed by atoms with van der Waals surface area (Å²) in [5.74, 6) is 0.172. The summed E-state index contributed by atoms with van der Waals surface area (Å²) in [5.41, 5.74) is 2.06. The molecule has 196 valence electrons. The number of halogens is 3. The third kappa shape index (κ3) is 5.59. The van der Waals surface area contributed by atoms with Crippen LogP contribution in [0, 0.1) is 13.8 Å². The lowest BCUT2D eigenvalue weighted by molar-refractivity contribution is -0.137. The van der Waals surface area contributed by atoms with Gasteiger partial charge in [0.25, 0.3) is 5.91 Å². The minimum atomic E-state index is -4.58. The second kappa shape index (κ2) is 10.3. The van der Waals surface area contributed by atoms with Crippen LogP contribution < -0.4 is 10.6 Å². The summed E-state index contributed by atoms with van der Waals surface area (Å²) < 4.78 is 42.3. The fourth-order valence-corrected chi connectivity index (χ4v) is 3.90. The summed E-state index contributed by atoms with van der Waals surface area (Å²) >= 11 is 0. The van der Waals surface area contributed by atoms with E-state index >= 15 is 0 Å². The van der Waals surface area contributed by atoms with Crippen molar-refractivity contribution in [3.63, 3.8) is 0 Å². The molecule has 2 aromatic carbocycles. The van der Waals surface area contributed by atoms with Crippen LogP contribution in [-0.4, -0.2) is 35.4 Å². The van der Waals surface area contributed by atoms with E-state index in [0.717, 1.165) is 11.6 Å². The van der Waals surface area contributed by atoms with Crippen LogP contribution in [0.5, 0.6) is 0 Å². The summed E-state index contributed by atoms with van der Waals surface area (Å²) in [6.07, 6.45) is 4.55. The number of nitrogens with one attached hydrogen (secondary N) is 2. The number of alkyl halides is 3. The Kier molecular flexibility index (Phi) is 6.75. The molecule has 12 heteroatoms. The summed E-state index contributed by atoms with van der Waals surface area (Å²) in [6.45, 7) is 3.45. The van der Waals surface area contributed by atoms with Crippen molar-refractivity contribution in [2.24, 2.45) is 0 Å². The molecule has 3 aromatic heterocycles. The molecule has 2 N–H and O–H groups in total. The van der Waals surface area contributed by atoms with Gasteiger partial charge in [-0.15, -0.1) is 0 Å². The average Bonchev–Trinajstić information content (AvgIpc) is 3.35. The predicted molar refractivity (Wildman–Crippen MR) is 139 cm³/mol. The normalized spacial score (nSPS) is 11.3. The first-order valence-corrected chi connectivity index (χ1v) is 11.7. The van der Waals surface area contributed by atoms with Gasteiger partial charge in [0.05, 0.1) is 23.1 Å². The maximum absolute atomic E-state index is 13.7. The number of imidazole rings is 1. The van der Waals surface area contributed by atoms with Gasteiger partial charge in [-0.1, -0.05) is 6.07 Å². The maximum atomic E-state index is 13.7. The first kappa shape index (κ1) is 25.5. The van der Waals surface area contributed by atoms with Gasteiger partial charge in [-0.3, -0.25) is 14.8 Å². The highest BCUT2D eigenvalue weighted by Gasteiger charge is 2.34. The van der Waals surface area contributed by atoms with Crippen molar-refractivity contribution in [1.29, 1.82) is 0 Å². The lowest BCUT2D eigenvalue weighted by Gasteiger charge is -2.17. The lowest BCUT2D eigenvalue weighted by atomic mass is 10.1. The zero-order valence-electron chi connectivity index (χ0n) is 20.7. The maximum Gasteiger partial charge on any atom is 0.418 e. The van der Waals surface area contributed by atoms with E-state index in [-0.39, 0.29) is 16.9 Å². The Morgan fingerprint density at radius 2 is 1.74 bits per heavy atom. The summed E-state index contributed by atoms with van der Waals surface area (Å²) in [7, 11) is 0. The number of anilines is 3. The van der Waals surface area contributed by atoms with Gasteiger partial charge in [-0.05, 0) is 55.8 Å². The van der Waals surface area contributed by atoms with Crippen molar-refractivity contribution in [2.75, 3.05) is 10.6 Å². The number of hydrogen-bond acceptors (Lipinski definition) is 7. The lowest BCUT2D eigenvalue weighted by Crippen LogP contribution is -2.15. The number of carbonyl (C=O) groups is 1. The zero-order valence-corrected chi connectivity index (χ0v) is 20.7. The molecular formula is C27H21F3N8O. The van der Waals surface area contributed by atoms with Crippen LogP contribution in [0.4, 0.5) is 30.5 Å². The highest BCUT2D eigenvalue weighted by atomic mass is 19.4. The predicted octanol–water partition coefficient (Wildman–Crippen LogP) is 5.75. The molecule has 0 aliphatic rings. The molecule has 0 aliphatic carbocycles. The van der Waals surface area contributed by atoms with E-state index in [2.05, 4.69) is 35.6 Å². The van der Waals surface area contributed by atoms with E-state index in [4.69, 9.17) is 0 Å². The molecule has 1 amide bonds. The van der Waals surface area contributed by atoms with E-state index in [0.29, 0.717) is 28.8 Å². The first-order chi connectivity index (χ1) is 18.7. The second-order valence-corrected chi connectivity index (χ2v) is 8.54. The number of aromatic nitrogens is 6. The Labute approximate surface area is 220 Å². The third-order valence-corrected chi connectivity index (χ3v) is 5.87. The monoisotopic (exact) mass is 530 g/mol. The molecule has 5 rings (SSSR count). The molecule has 0 unspecified atom stereocenters. The first-order valence-electron chi connectivity index (χ1n) is 11.7. The molecule has 0 saturated heterocycles.